The minimum Gasteiger partial charge on any atom is -0.306 e. The summed E-state index contributed by atoms with van der Waals surface area (Å²) in [7, 11) is 0. The van der Waals surface area contributed by atoms with Crippen LogP contribution < -0.4 is 5.32 Å². The van der Waals surface area contributed by atoms with Crippen LogP contribution in [0.2, 0.25) is 0 Å². The SMILES string of the molecule is Cc1ccc(C)c(-c2nonc2NC(=O)CCN2C(=O)/C(=C/c3ccc(F)cc3)SC2=S)c1. The van der Waals surface area contributed by atoms with Crippen molar-refractivity contribution in [1.29, 1.82) is 0 Å². The number of halogens is 1. The summed E-state index contributed by atoms with van der Waals surface area (Å²) < 4.78 is 18.3. The Morgan fingerprint density at radius 3 is 2.73 bits per heavy atom. The molecule has 2 amide bonds. The van der Waals surface area contributed by atoms with Crippen molar-refractivity contribution in [2.45, 2.75) is 20.3 Å². The van der Waals surface area contributed by atoms with Gasteiger partial charge in [0, 0.05) is 18.5 Å². The van der Waals surface area contributed by atoms with Gasteiger partial charge < -0.3 is 5.32 Å². The predicted octanol–water partition coefficient (Wildman–Crippen LogP) is 4.72. The Morgan fingerprint density at radius 2 is 1.97 bits per heavy atom. The van der Waals surface area contributed by atoms with Crippen LogP contribution in [0.4, 0.5) is 10.2 Å². The van der Waals surface area contributed by atoms with Gasteiger partial charge in [-0.3, -0.25) is 14.5 Å². The highest BCUT2D eigenvalue weighted by Crippen LogP contribution is 2.33. The van der Waals surface area contributed by atoms with Crippen LogP contribution in [-0.4, -0.2) is 37.9 Å². The molecule has 33 heavy (non-hydrogen) atoms. The number of rotatable bonds is 6. The number of hydrogen-bond donors (Lipinski definition) is 1. The van der Waals surface area contributed by atoms with E-state index in [0.29, 0.717) is 20.5 Å². The summed E-state index contributed by atoms with van der Waals surface area (Å²) in [5.41, 5.74) is 3.95. The number of benzene rings is 2. The molecule has 0 aliphatic carbocycles. The molecule has 0 atom stereocenters. The third-order valence-corrected chi connectivity index (χ3v) is 6.38. The summed E-state index contributed by atoms with van der Waals surface area (Å²) >= 11 is 6.46. The van der Waals surface area contributed by atoms with E-state index in [-0.39, 0.29) is 36.4 Å². The number of anilines is 1. The van der Waals surface area contributed by atoms with Crippen LogP contribution in [0.15, 0.2) is 52.0 Å². The lowest BCUT2D eigenvalue weighted by atomic mass is 10.0. The average molecular weight is 483 g/mol. The maximum absolute atomic E-state index is 13.1. The Hall–Kier alpha value is -3.37. The number of nitrogens with one attached hydrogen (secondary N) is 1. The molecule has 3 aromatic rings. The first kappa shape index (κ1) is 22.8. The lowest BCUT2D eigenvalue weighted by Crippen LogP contribution is -2.31. The maximum Gasteiger partial charge on any atom is 0.266 e. The molecule has 0 bridgehead atoms. The number of carbonyl (C=O) groups excluding carboxylic acids is 2. The first-order valence-electron chi connectivity index (χ1n) is 10.0. The quantitative estimate of drug-likeness (QED) is 0.402. The molecule has 4 rings (SSSR count). The van der Waals surface area contributed by atoms with Crippen LogP contribution in [0, 0.1) is 19.7 Å². The minimum absolute atomic E-state index is 0.00929. The van der Waals surface area contributed by atoms with E-state index in [9.17, 15) is 14.0 Å². The second kappa shape index (κ2) is 9.63. The molecule has 1 aromatic heterocycles. The summed E-state index contributed by atoms with van der Waals surface area (Å²) in [6.45, 7) is 4.01. The van der Waals surface area contributed by atoms with Gasteiger partial charge in [0.05, 0.1) is 4.91 Å². The molecule has 2 heterocycles. The van der Waals surface area contributed by atoms with E-state index in [1.165, 1.54) is 17.0 Å². The van der Waals surface area contributed by atoms with E-state index in [0.717, 1.165) is 28.5 Å². The highest BCUT2D eigenvalue weighted by molar-refractivity contribution is 8.26. The summed E-state index contributed by atoms with van der Waals surface area (Å²) in [5, 5.41) is 10.5. The maximum atomic E-state index is 13.1. The molecule has 0 unspecified atom stereocenters. The topological polar surface area (TPSA) is 88.3 Å². The van der Waals surface area contributed by atoms with E-state index in [2.05, 4.69) is 15.6 Å². The van der Waals surface area contributed by atoms with Crippen molar-refractivity contribution >= 4 is 52.0 Å². The van der Waals surface area contributed by atoms with Crippen molar-refractivity contribution in [2.75, 3.05) is 11.9 Å². The molecule has 0 saturated carbocycles. The van der Waals surface area contributed by atoms with E-state index in [1.807, 2.05) is 32.0 Å². The zero-order chi connectivity index (χ0) is 23.5. The molecule has 0 spiro atoms. The van der Waals surface area contributed by atoms with Crippen molar-refractivity contribution in [1.82, 2.24) is 15.2 Å². The molecule has 2 aromatic carbocycles. The third-order valence-electron chi connectivity index (χ3n) is 5.00. The van der Waals surface area contributed by atoms with E-state index < -0.39 is 0 Å². The Bertz CT molecular complexity index is 1270. The van der Waals surface area contributed by atoms with Gasteiger partial charge in [-0.25, -0.2) is 9.02 Å². The molecule has 1 N–H and O–H groups in total. The summed E-state index contributed by atoms with van der Waals surface area (Å²) in [4.78, 5) is 27.1. The molecule has 10 heteroatoms. The number of hydrogen-bond acceptors (Lipinski definition) is 7. The largest absolute Gasteiger partial charge is 0.306 e. The molecule has 1 saturated heterocycles. The van der Waals surface area contributed by atoms with Crippen LogP contribution in [0.5, 0.6) is 0 Å². The number of aryl methyl sites for hydroxylation is 2. The monoisotopic (exact) mass is 482 g/mol. The van der Waals surface area contributed by atoms with Crippen LogP contribution in [-0.2, 0) is 9.59 Å². The smallest absolute Gasteiger partial charge is 0.266 e. The fourth-order valence-electron chi connectivity index (χ4n) is 3.25. The molecule has 1 aliphatic rings. The normalized spacial score (nSPS) is 14.9. The molecule has 1 fully saturated rings. The molecule has 168 valence electrons. The second-order valence-electron chi connectivity index (χ2n) is 7.46. The summed E-state index contributed by atoms with van der Waals surface area (Å²) in [6, 6.07) is 11.7. The molecule has 0 radical (unpaired) electrons. The van der Waals surface area contributed by atoms with E-state index >= 15 is 0 Å². The van der Waals surface area contributed by atoms with Gasteiger partial charge in [0.1, 0.15) is 10.1 Å². The van der Waals surface area contributed by atoms with Crippen molar-refractivity contribution in [3.63, 3.8) is 0 Å². The lowest BCUT2D eigenvalue weighted by Gasteiger charge is -2.13. The van der Waals surface area contributed by atoms with Gasteiger partial charge in [0.15, 0.2) is 5.69 Å². The summed E-state index contributed by atoms with van der Waals surface area (Å²) in [6.07, 6.45) is 1.66. The zero-order valence-corrected chi connectivity index (χ0v) is 19.4. The zero-order valence-electron chi connectivity index (χ0n) is 17.8. The second-order valence-corrected chi connectivity index (χ2v) is 9.14. The number of nitrogens with zero attached hydrogens (tertiary/aromatic N) is 3. The Kier molecular flexibility index (Phi) is 6.66. The van der Waals surface area contributed by atoms with Crippen molar-refractivity contribution in [3.8, 4) is 11.3 Å². The molecular weight excluding hydrogens is 463 g/mol. The lowest BCUT2D eigenvalue weighted by molar-refractivity contribution is -0.122. The van der Waals surface area contributed by atoms with Crippen LogP contribution in [0.3, 0.4) is 0 Å². The minimum atomic E-state index is -0.353. The fourth-order valence-corrected chi connectivity index (χ4v) is 4.56. The van der Waals surface area contributed by atoms with Gasteiger partial charge >= 0.3 is 0 Å². The number of thiocarbonyl (C=S) groups is 1. The number of aromatic nitrogens is 2. The van der Waals surface area contributed by atoms with Crippen LogP contribution in [0.1, 0.15) is 23.1 Å². The van der Waals surface area contributed by atoms with E-state index in [1.54, 1.807) is 18.2 Å². The van der Waals surface area contributed by atoms with Gasteiger partial charge in [-0.15, -0.1) is 0 Å². The van der Waals surface area contributed by atoms with Crippen LogP contribution in [0.25, 0.3) is 17.3 Å². The number of carbonyl (C=O) groups is 2. The predicted molar refractivity (Wildman–Crippen MR) is 129 cm³/mol. The van der Waals surface area contributed by atoms with Crippen molar-refractivity contribution in [2.24, 2.45) is 0 Å². The first-order chi connectivity index (χ1) is 15.8. The Morgan fingerprint density at radius 1 is 1.21 bits per heavy atom. The van der Waals surface area contributed by atoms with Crippen molar-refractivity contribution < 1.29 is 18.6 Å². The van der Waals surface area contributed by atoms with Crippen molar-refractivity contribution in [3.05, 3.63) is 69.9 Å². The fraction of sp³-hybridized carbons (Fsp3) is 0.174. The number of amides is 2. The molecular formula is C23H19FN4O3S2. The molecule has 1 aliphatic heterocycles. The summed E-state index contributed by atoms with van der Waals surface area (Å²) in [5.74, 6) is -0.779. The first-order valence-corrected chi connectivity index (χ1v) is 11.3. The number of thioether (sulfide) groups is 1. The van der Waals surface area contributed by atoms with Gasteiger partial charge in [-0.1, -0.05) is 53.8 Å². The average Bonchev–Trinajstić information content (AvgIpc) is 3.34. The third kappa shape index (κ3) is 5.18. The van der Waals surface area contributed by atoms with Gasteiger partial charge in [0.2, 0.25) is 11.7 Å². The van der Waals surface area contributed by atoms with Gasteiger partial charge in [-0.05, 0) is 59.6 Å². The standard InChI is InChI=1S/C23H19FN4O3S2/c1-13-3-4-14(2)17(11-13)20-21(27-31-26-20)25-19(29)9-10-28-22(30)18(33-23(28)32)12-15-5-7-16(24)8-6-15/h3-8,11-12H,9-10H2,1-2H3,(H,25,27,29)/b18-12-. The van der Waals surface area contributed by atoms with Gasteiger partial charge in [-0.2, -0.15) is 0 Å². The van der Waals surface area contributed by atoms with Crippen LogP contribution >= 0.6 is 24.0 Å². The highest BCUT2D eigenvalue weighted by atomic mass is 32.2. The molecule has 7 nitrogen and oxygen atoms in total. The van der Waals surface area contributed by atoms with Gasteiger partial charge in [0.25, 0.3) is 5.91 Å². The Balaban J connectivity index is 1.40. The van der Waals surface area contributed by atoms with E-state index in [4.69, 9.17) is 16.8 Å². The Labute approximate surface area is 199 Å². The highest BCUT2D eigenvalue weighted by Gasteiger charge is 2.32.